The van der Waals surface area contributed by atoms with Gasteiger partial charge >= 0.3 is 11.9 Å². The predicted octanol–water partition coefficient (Wildman–Crippen LogP) is 1.71. The lowest BCUT2D eigenvalue weighted by Crippen LogP contribution is -2.36. The van der Waals surface area contributed by atoms with Crippen molar-refractivity contribution in [1.82, 2.24) is 4.98 Å². The third kappa shape index (κ3) is 3.19. The van der Waals surface area contributed by atoms with Gasteiger partial charge in [0.1, 0.15) is 0 Å². The van der Waals surface area contributed by atoms with Crippen LogP contribution in [0.2, 0.25) is 0 Å². The van der Waals surface area contributed by atoms with E-state index in [0.717, 1.165) is 0 Å². The Bertz CT molecular complexity index is 698. The fraction of sp³-hybridized carbons (Fsp3) is 0.500. The number of carbonyl (C=O) groups is 3. The number of rotatable bonds is 6. The first-order chi connectivity index (χ1) is 11.5. The molecule has 24 heavy (non-hydrogen) atoms. The van der Waals surface area contributed by atoms with E-state index in [-0.39, 0.29) is 30.1 Å². The quantitative estimate of drug-likeness (QED) is 0.598. The van der Waals surface area contributed by atoms with Crippen LogP contribution in [0, 0.1) is 23.7 Å². The van der Waals surface area contributed by atoms with Gasteiger partial charge in [0.25, 0.3) is 0 Å². The van der Waals surface area contributed by atoms with Gasteiger partial charge in [0.2, 0.25) is 5.91 Å². The summed E-state index contributed by atoms with van der Waals surface area (Å²) in [7, 11) is 0. The summed E-state index contributed by atoms with van der Waals surface area (Å²) < 4.78 is 4.86. The minimum Gasteiger partial charge on any atom is -0.481 e. The van der Waals surface area contributed by atoms with Crippen LogP contribution in [-0.4, -0.2) is 34.5 Å². The average molecular weight is 350 g/mol. The SMILES string of the molecule is CCOC(=O)Cc1csc(NC(=O)[C@@H]2[C@H](C(=O)O)[C@H]3C=C[C@H]2C3)n1. The lowest BCUT2D eigenvalue weighted by Gasteiger charge is -2.23. The second-order valence-corrected chi connectivity index (χ2v) is 6.81. The fourth-order valence-corrected chi connectivity index (χ4v) is 4.22. The van der Waals surface area contributed by atoms with Gasteiger partial charge in [0.15, 0.2) is 5.13 Å². The minimum absolute atomic E-state index is 0.0323. The summed E-state index contributed by atoms with van der Waals surface area (Å²) in [5.74, 6) is -2.99. The van der Waals surface area contributed by atoms with Gasteiger partial charge in [-0.05, 0) is 25.2 Å². The van der Waals surface area contributed by atoms with E-state index in [1.807, 2.05) is 12.2 Å². The maximum atomic E-state index is 12.5. The first-order valence-electron chi connectivity index (χ1n) is 7.81. The van der Waals surface area contributed by atoms with Crippen molar-refractivity contribution in [3.8, 4) is 0 Å². The first-order valence-corrected chi connectivity index (χ1v) is 8.69. The molecule has 1 fully saturated rings. The average Bonchev–Trinajstić information content (AvgIpc) is 3.22. The number of fused-ring (bicyclic) bond motifs is 2. The molecule has 0 radical (unpaired) electrons. The van der Waals surface area contributed by atoms with Crippen molar-refractivity contribution in [1.29, 1.82) is 0 Å². The van der Waals surface area contributed by atoms with Gasteiger partial charge in [-0.3, -0.25) is 14.4 Å². The third-order valence-corrected chi connectivity index (χ3v) is 5.27. The first kappa shape index (κ1) is 16.6. The van der Waals surface area contributed by atoms with Crippen molar-refractivity contribution in [2.75, 3.05) is 11.9 Å². The number of carbonyl (C=O) groups excluding carboxylic acids is 2. The summed E-state index contributed by atoms with van der Waals surface area (Å²) in [6, 6.07) is 0. The highest BCUT2D eigenvalue weighted by atomic mass is 32.1. The maximum Gasteiger partial charge on any atom is 0.311 e. The van der Waals surface area contributed by atoms with Gasteiger partial charge in [-0.15, -0.1) is 11.3 Å². The zero-order valence-electron chi connectivity index (χ0n) is 13.1. The number of thiazole rings is 1. The Balaban J connectivity index is 1.65. The van der Waals surface area contributed by atoms with Crippen LogP contribution in [0.3, 0.4) is 0 Å². The van der Waals surface area contributed by atoms with E-state index >= 15 is 0 Å². The van der Waals surface area contributed by atoms with Crippen LogP contribution in [0.15, 0.2) is 17.5 Å². The summed E-state index contributed by atoms with van der Waals surface area (Å²) in [5.41, 5.74) is 0.524. The number of carboxylic acids is 1. The molecule has 0 aromatic carbocycles. The second kappa shape index (κ2) is 6.72. The van der Waals surface area contributed by atoms with Crippen LogP contribution in [-0.2, 0) is 25.5 Å². The smallest absolute Gasteiger partial charge is 0.311 e. The van der Waals surface area contributed by atoms with Crippen LogP contribution in [0.1, 0.15) is 19.0 Å². The molecule has 1 aromatic rings. The van der Waals surface area contributed by atoms with Crippen molar-refractivity contribution in [3.63, 3.8) is 0 Å². The van der Waals surface area contributed by atoms with Gasteiger partial charge in [-0.1, -0.05) is 12.2 Å². The molecule has 1 amide bonds. The van der Waals surface area contributed by atoms with Gasteiger partial charge < -0.3 is 15.2 Å². The van der Waals surface area contributed by atoms with Crippen LogP contribution >= 0.6 is 11.3 Å². The molecule has 1 aromatic heterocycles. The summed E-state index contributed by atoms with van der Waals surface area (Å²) in [6.07, 6.45) is 4.59. The number of ether oxygens (including phenoxy) is 1. The number of amides is 1. The number of nitrogens with one attached hydrogen (secondary N) is 1. The van der Waals surface area contributed by atoms with E-state index in [1.165, 1.54) is 11.3 Å². The number of hydrogen-bond acceptors (Lipinski definition) is 6. The highest BCUT2D eigenvalue weighted by Crippen LogP contribution is 2.48. The van der Waals surface area contributed by atoms with Crippen LogP contribution in [0.4, 0.5) is 5.13 Å². The number of allylic oxidation sites excluding steroid dienone is 2. The van der Waals surface area contributed by atoms with Crippen LogP contribution in [0.5, 0.6) is 0 Å². The number of aliphatic carboxylic acids is 1. The van der Waals surface area contributed by atoms with Gasteiger partial charge in [-0.25, -0.2) is 4.98 Å². The zero-order chi connectivity index (χ0) is 17.3. The van der Waals surface area contributed by atoms with E-state index in [0.29, 0.717) is 23.9 Å². The number of hydrogen-bond donors (Lipinski definition) is 2. The molecule has 7 nitrogen and oxygen atoms in total. The lowest BCUT2D eigenvalue weighted by atomic mass is 9.82. The molecule has 0 unspecified atom stereocenters. The molecule has 2 N–H and O–H groups in total. The topological polar surface area (TPSA) is 106 Å². The van der Waals surface area contributed by atoms with Crippen molar-refractivity contribution < 1.29 is 24.2 Å². The van der Waals surface area contributed by atoms with E-state index in [9.17, 15) is 19.5 Å². The molecule has 8 heteroatoms. The Morgan fingerprint density at radius 3 is 2.71 bits per heavy atom. The van der Waals surface area contributed by atoms with Crippen molar-refractivity contribution in [2.45, 2.75) is 19.8 Å². The molecule has 0 spiro atoms. The van der Waals surface area contributed by atoms with Crippen LogP contribution in [0.25, 0.3) is 0 Å². The van der Waals surface area contributed by atoms with Gasteiger partial charge in [0, 0.05) is 5.38 Å². The van der Waals surface area contributed by atoms with Crippen LogP contribution < -0.4 is 5.32 Å². The Hall–Kier alpha value is -2.22. The zero-order valence-corrected chi connectivity index (χ0v) is 13.9. The Labute approximate surface area is 142 Å². The van der Waals surface area contributed by atoms with E-state index < -0.39 is 17.8 Å². The largest absolute Gasteiger partial charge is 0.481 e. The lowest BCUT2D eigenvalue weighted by molar-refractivity contribution is -0.146. The molecule has 0 aliphatic heterocycles. The predicted molar refractivity (Wildman–Crippen MR) is 86.4 cm³/mol. The molecule has 2 bridgehead atoms. The molecular weight excluding hydrogens is 332 g/mol. The van der Waals surface area contributed by atoms with E-state index in [4.69, 9.17) is 4.74 Å². The minimum atomic E-state index is -0.936. The second-order valence-electron chi connectivity index (χ2n) is 5.95. The van der Waals surface area contributed by atoms with Gasteiger partial charge in [0.05, 0.1) is 30.6 Å². The monoisotopic (exact) mass is 350 g/mol. The Morgan fingerprint density at radius 1 is 1.33 bits per heavy atom. The highest BCUT2D eigenvalue weighted by Gasteiger charge is 2.51. The normalized spacial score (nSPS) is 27.2. The third-order valence-electron chi connectivity index (χ3n) is 4.46. The molecule has 128 valence electrons. The summed E-state index contributed by atoms with van der Waals surface area (Å²) in [6.45, 7) is 2.04. The van der Waals surface area contributed by atoms with Crippen molar-refractivity contribution in [3.05, 3.63) is 23.2 Å². The molecule has 1 heterocycles. The summed E-state index contributed by atoms with van der Waals surface area (Å²) >= 11 is 1.21. The van der Waals surface area contributed by atoms with Crippen molar-refractivity contribution in [2.24, 2.45) is 23.7 Å². The molecule has 2 aliphatic rings. The van der Waals surface area contributed by atoms with Crippen molar-refractivity contribution >= 4 is 34.3 Å². The number of aromatic nitrogens is 1. The Morgan fingerprint density at radius 2 is 2.04 bits per heavy atom. The highest BCUT2D eigenvalue weighted by molar-refractivity contribution is 7.13. The number of nitrogens with zero attached hydrogens (tertiary/aromatic N) is 1. The molecule has 2 aliphatic carbocycles. The summed E-state index contributed by atoms with van der Waals surface area (Å²) in [5, 5.41) is 14.1. The molecule has 4 atom stereocenters. The molecule has 3 rings (SSSR count). The number of carboxylic acid groups (broad SMARTS) is 1. The molecular formula is C16H18N2O5S. The number of esters is 1. The fourth-order valence-electron chi connectivity index (χ4n) is 3.51. The Kier molecular flexibility index (Phi) is 4.66. The van der Waals surface area contributed by atoms with E-state index in [1.54, 1.807) is 12.3 Å². The van der Waals surface area contributed by atoms with Gasteiger partial charge in [-0.2, -0.15) is 0 Å². The molecule has 0 saturated heterocycles. The maximum absolute atomic E-state index is 12.5. The van der Waals surface area contributed by atoms with E-state index in [2.05, 4.69) is 10.3 Å². The standard InChI is InChI=1S/C16H18N2O5S/c1-2-23-11(19)6-10-7-24-16(17-10)18-14(20)12-8-3-4-9(5-8)13(12)15(21)22/h3-4,7-9,12-13H,2,5-6H2,1H3,(H,21,22)(H,17,18,20)/t8-,9-,12-,13+/m0/s1. The molecule has 1 saturated carbocycles. The number of anilines is 1. The summed E-state index contributed by atoms with van der Waals surface area (Å²) in [4.78, 5) is 39.6.